The molecule has 0 atom stereocenters. The van der Waals surface area contributed by atoms with Crippen LogP contribution in [0, 0.1) is 39.3 Å². The van der Waals surface area contributed by atoms with Crippen LogP contribution in [0.5, 0.6) is 0 Å². The van der Waals surface area contributed by atoms with Crippen LogP contribution >= 0.6 is 0 Å². The van der Waals surface area contributed by atoms with Gasteiger partial charge in [0.15, 0.2) is 0 Å². The van der Waals surface area contributed by atoms with E-state index < -0.39 is 0 Å². The summed E-state index contributed by atoms with van der Waals surface area (Å²) in [6.07, 6.45) is 17.4. The van der Waals surface area contributed by atoms with Crippen molar-refractivity contribution in [1.29, 1.82) is 0 Å². The van der Waals surface area contributed by atoms with E-state index in [1.165, 1.54) is 25.7 Å². The van der Waals surface area contributed by atoms with Crippen molar-refractivity contribution in [2.45, 2.75) is 46.5 Å². The van der Waals surface area contributed by atoms with Crippen LogP contribution in [0.2, 0.25) is 0 Å². The third-order valence-corrected chi connectivity index (χ3v) is 5.62. The van der Waals surface area contributed by atoms with Gasteiger partial charge >= 0.3 is 32.7 Å². The van der Waals surface area contributed by atoms with Gasteiger partial charge in [-0.3, -0.25) is 13.2 Å². The Morgan fingerprint density at radius 1 is 1.00 bits per heavy atom. The molecule has 1 radical (unpaired) electrons. The Morgan fingerprint density at radius 3 is 2.00 bits per heavy atom. The first kappa shape index (κ1) is 34.1. The molecule has 2 heterocycles. The first-order valence-corrected chi connectivity index (χ1v) is 9.64. The molecule has 0 bridgehead atoms. The van der Waals surface area contributed by atoms with Crippen molar-refractivity contribution in [2.75, 3.05) is 26.2 Å². The topological polar surface area (TPSA) is 6.48 Å². The second-order valence-corrected chi connectivity index (χ2v) is 7.97. The number of rotatable bonds is 6. The predicted octanol–water partition coefficient (Wildman–Crippen LogP) is 6.04. The van der Waals surface area contributed by atoms with Gasteiger partial charge in [-0.05, 0) is 43.2 Å². The van der Waals surface area contributed by atoms with Crippen molar-refractivity contribution in [3.8, 4) is 0 Å². The van der Waals surface area contributed by atoms with Crippen molar-refractivity contribution in [3.63, 3.8) is 0 Å². The molecule has 157 valence electrons. The van der Waals surface area contributed by atoms with Gasteiger partial charge in [0.1, 0.15) is 0 Å². The van der Waals surface area contributed by atoms with E-state index in [2.05, 4.69) is 54.2 Å². The maximum Gasteiger partial charge on any atom is 3.00 e. The summed E-state index contributed by atoms with van der Waals surface area (Å²) in [7, 11) is 0. The Hall–Kier alpha value is 0.508. The fourth-order valence-corrected chi connectivity index (χ4v) is 3.66. The number of piperidine rings is 2. The van der Waals surface area contributed by atoms with Crippen LogP contribution in [0.15, 0.2) is 47.9 Å². The molecule has 0 unspecified atom stereocenters. The molecule has 2 fully saturated rings. The number of hydrogen-bond donors (Lipinski definition) is 0. The van der Waals surface area contributed by atoms with Gasteiger partial charge < -0.3 is 24.7 Å². The molecule has 0 aromatic carbocycles. The number of nitrogens with zero attached hydrogens (tertiary/aromatic N) is 2. The maximum atomic E-state index is 6.25. The first-order chi connectivity index (χ1) is 11.9. The molecule has 2 saturated heterocycles. The molecule has 0 N–H and O–H groups in total. The van der Waals surface area contributed by atoms with E-state index in [0.29, 0.717) is 11.3 Å². The zero-order valence-electron chi connectivity index (χ0n) is 19.4. The monoisotopic (exact) mass is 546 g/mol. The van der Waals surface area contributed by atoms with Crippen molar-refractivity contribution >= 4 is 0 Å². The summed E-state index contributed by atoms with van der Waals surface area (Å²) < 4.78 is 0. The quantitative estimate of drug-likeness (QED) is 0.296. The second-order valence-electron chi connectivity index (χ2n) is 7.97. The van der Waals surface area contributed by atoms with Gasteiger partial charge in [-0.25, -0.2) is 6.08 Å². The van der Waals surface area contributed by atoms with Gasteiger partial charge in [-0.1, -0.05) is 19.9 Å². The van der Waals surface area contributed by atoms with Crippen LogP contribution in [-0.4, -0.2) is 36.0 Å². The molecule has 29 heavy (non-hydrogen) atoms. The van der Waals surface area contributed by atoms with E-state index in [0.717, 1.165) is 37.4 Å². The van der Waals surface area contributed by atoms with Crippen LogP contribution < -0.4 is 0 Å². The molecule has 1 spiro atoms. The summed E-state index contributed by atoms with van der Waals surface area (Å²) in [6, 6.07) is 0. The molecular weight excluding hydrogens is 506 g/mol. The van der Waals surface area contributed by atoms with Crippen molar-refractivity contribution in [3.05, 3.63) is 75.9 Å². The van der Waals surface area contributed by atoms with Gasteiger partial charge in [0.25, 0.3) is 0 Å². The Kier molecular flexibility index (Phi) is 20.1. The van der Waals surface area contributed by atoms with Crippen LogP contribution in [0.1, 0.15) is 46.5 Å². The molecule has 0 saturated carbocycles. The second kappa shape index (κ2) is 17.1. The molecule has 0 aromatic heterocycles. The molecule has 2 aliphatic rings. The van der Waals surface area contributed by atoms with E-state index in [1.807, 2.05) is 6.92 Å². The van der Waals surface area contributed by atoms with E-state index in [1.54, 1.807) is 6.08 Å². The van der Waals surface area contributed by atoms with Gasteiger partial charge in [0.05, 0.1) is 0 Å². The Balaban J connectivity index is -0.00000169. The zero-order chi connectivity index (χ0) is 18.3. The van der Waals surface area contributed by atoms with E-state index >= 15 is 0 Å². The van der Waals surface area contributed by atoms with E-state index in [4.69, 9.17) is 13.2 Å². The molecule has 0 amide bonds. The minimum Gasteiger partial charge on any atom is -0.405 e. The van der Waals surface area contributed by atoms with E-state index in [-0.39, 0.29) is 80.3 Å². The average Bonchev–Trinajstić information content (AvgIpc) is 2.62. The molecule has 4 heteroatoms. The van der Waals surface area contributed by atoms with Crippen molar-refractivity contribution < 1.29 is 65.4 Å². The smallest absolute Gasteiger partial charge is 0.405 e. The summed E-state index contributed by atoms with van der Waals surface area (Å²) in [5, 5.41) is 0. The predicted molar refractivity (Wildman–Crippen MR) is 120 cm³/mol. The number of allylic oxidation sites excluding steroid dienone is 6. The molecule has 2 aliphatic heterocycles. The number of hydrogen-bond acceptors (Lipinski definition) is 2. The number of likely N-dealkylation sites (tertiary alicyclic amines) is 2. The molecule has 0 aromatic rings. The van der Waals surface area contributed by atoms with Crippen LogP contribution in [0.3, 0.4) is 0 Å². The van der Waals surface area contributed by atoms with Gasteiger partial charge in [-0.2, -0.15) is 17.7 Å². The fraction of sp³-hybridized carbons (Fsp3) is 0.520. The minimum atomic E-state index is 0. The Labute approximate surface area is 232 Å². The van der Waals surface area contributed by atoms with Gasteiger partial charge in [0.2, 0.25) is 0 Å². The molecular formula is C25H40N2Y2-. The summed E-state index contributed by atoms with van der Waals surface area (Å²) in [4.78, 5) is 4.79. The third-order valence-electron chi connectivity index (χ3n) is 5.62. The summed E-state index contributed by atoms with van der Waals surface area (Å²) >= 11 is 0. The Morgan fingerprint density at radius 2 is 1.52 bits per heavy atom. The normalized spacial score (nSPS) is 18.7. The first-order valence-electron chi connectivity index (χ1n) is 9.64. The fourth-order valence-electron chi connectivity index (χ4n) is 3.66. The average molecular weight is 546 g/mol. The minimum absolute atomic E-state index is 0. The SMILES string of the molecule is [CH-]=C/C(C)=C\C=C\N1CCC2(CC1)CCN(C(=[CH-])/C=C\C(C)C)CC2.[CH3-].[CH3-].[Y+3].[Y]. The van der Waals surface area contributed by atoms with E-state index in [9.17, 15) is 0 Å². The van der Waals surface area contributed by atoms with Crippen molar-refractivity contribution in [1.82, 2.24) is 9.80 Å². The summed E-state index contributed by atoms with van der Waals surface area (Å²) in [6.45, 7) is 22.6. The van der Waals surface area contributed by atoms with Crippen LogP contribution in [0.4, 0.5) is 0 Å². The largest absolute Gasteiger partial charge is 3.00 e. The summed E-state index contributed by atoms with van der Waals surface area (Å²) in [5.41, 5.74) is 2.56. The molecule has 2 nitrogen and oxygen atoms in total. The standard InChI is InChI=1S/C23H34N2.2CH3.2Y/c1-6-21(4)8-7-15-24-16-11-23(12-17-24)13-18-25(19-14-23)22(5)10-9-20(2)3;;;;/h1,5-10,15,20H,11-14,16-19H2,2-4H3;2*1H3;;/q-2;2*-1;;+3/b10-9-,15-7+,21-8-;;;;. The van der Waals surface area contributed by atoms with Crippen LogP contribution in [-0.2, 0) is 65.4 Å². The Bertz CT molecular complexity index is 543. The van der Waals surface area contributed by atoms with Crippen LogP contribution in [0.25, 0.3) is 0 Å². The molecule has 0 aliphatic carbocycles. The zero-order valence-corrected chi connectivity index (χ0v) is 25.1. The maximum absolute atomic E-state index is 6.25. The van der Waals surface area contributed by atoms with Crippen molar-refractivity contribution in [2.24, 2.45) is 11.3 Å². The summed E-state index contributed by atoms with van der Waals surface area (Å²) in [5.74, 6) is 0.549. The third kappa shape index (κ3) is 11.6. The van der Waals surface area contributed by atoms with Gasteiger partial charge in [0, 0.05) is 58.9 Å². The molecule has 2 rings (SSSR count). The van der Waals surface area contributed by atoms with Gasteiger partial charge in [-0.15, -0.1) is 18.7 Å².